The molecule has 0 aliphatic rings. The molecule has 1 heterocycles. The molecule has 0 bridgehead atoms. The SMILES string of the molecule is Cc1cc(Br)c(C(C)(C)N)s1. The number of hydrogen-bond acceptors (Lipinski definition) is 2. The van der Waals surface area contributed by atoms with Gasteiger partial charge in [0.25, 0.3) is 0 Å². The molecule has 11 heavy (non-hydrogen) atoms. The molecule has 1 rings (SSSR count). The summed E-state index contributed by atoms with van der Waals surface area (Å²) in [6.07, 6.45) is 0. The highest BCUT2D eigenvalue weighted by molar-refractivity contribution is 9.10. The van der Waals surface area contributed by atoms with Gasteiger partial charge in [0, 0.05) is 19.8 Å². The molecular formula is C8H12BrNS. The molecule has 0 aliphatic carbocycles. The predicted molar refractivity (Wildman–Crippen MR) is 54.0 cm³/mol. The molecule has 0 unspecified atom stereocenters. The Morgan fingerprint density at radius 2 is 2.09 bits per heavy atom. The number of nitrogens with two attached hydrogens (primary N) is 1. The molecule has 0 saturated carbocycles. The maximum absolute atomic E-state index is 5.95. The zero-order valence-electron chi connectivity index (χ0n) is 6.94. The summed E-state index contributed by atoms with van der Waals surface area (Å²) in [7, 11) is 0. The fourth-order valence-electron chi connectivity index (χ4n) is 0.923. The summed E-state index contributed by atoms with van der Waals surface area (Å²) in [5.41, 5.74) is 5.73. The Labute approximate surface area is 79.7 Å². The molecule has 0 amide bonds. The van der Waals surface area contributed by atoms with Gasteiger partial charge in [-0.25, -0.2) is 0 Å². The van der Waals surface area contributed by atoms with Gasteiger partial charge in [-0.1, -0.05) is 0 Å². The molecule has 1 aromatic heterocycles. The van der Waals surface area contributed by atoms with Gasteiger partial charge in [-0.3, -0.25) is 0 Å². The van der Waals surface area contributed by atoms with Crippen LogP contribution in [0.3, 0.4) is 0 Å². The van der Waals surface area contributed by atoms with E-state index in [-0.39, 0.29) is 5.54 Å². The first-order valence-electron chi connectivity index (χ1n) is 3.46. The second kappa shape index (κ2) is 2.88. The van der Waals surface area contributed by atoms with Gasteiger partial charge in [0.15, 0.2) is 0 Å². The minimum Gasteiger partial charge on any atom is -0.321 e. The van der Waals surface area contributed by atoms with E-state index in [0.29, 0.717) is 0 Å². The van der Waals surface area contributed by atoms with Crippen LogP contribution in [-0.2, 0) is 5.54 Å². The van der Waals surface area contributed by atoms with E-state index in [0.717, 1.165) is 4.47 Å². The van der Waals surface area contributed by atoms with Crippen LogP contribution < -0.4 is 5.73 Å². The molecule has 0 radical (unpaired) electrons. The first-order chi connectivity index (χ1) is 4.91. The lowest BCUT2D eigenvalue weighted by molar-refractivity contribution is 0.564. The van der Waals surface area contributed by atoms with Gasteiger partial charge in [0.1, 0.15) is 0 Å². The zero-order chi connectivity index (χ0) is 8.65. The number of aryl methyl sites for hydroxylation is 1. The van der Waals surface area contributed by atoms with Gasteiger partial charge >= 0.3 is 0 Å². The van der Waals surface area contributed by atoms with Crippen molar-refractivity contribution in [3.05, 3.63) is 20.3 Å². The number of rotatable bonds is 1. The molecule has 0 spiro atoms. The van der Waals surface area contributed by atoms with Crippen molar-refractivity contribution in [2.75, 3.05) is 0 Å². The van der Waals surface area contributed by atoms with Gasteiger partial charge in [0.2, 0.25) is 0 Å². The number of hydrogen-bond donors (Lipinski definition) is 1. The topological polar surface area (TPSA) is 26.0 Å². The molecule has 0 fully saturated rings. The molecule has 0 aliphatic heterocycles. The van der Waals surface area contributed by atoms with E-state index < -0.39 is 0 Å². The Hall–Kier alpha value is 0.140. The van der Waals surface area contributed by atoms with E-state index in [2.05, 4.69) is 28.9 Å². The highest BCUT2D eigenvalue weighted by Crippen LogP contribution is 2.33. The highest BCUT2D eigenvalue weighted by atomic mass is 79.9. The minimum atomic E-state index is -0.224. The van der Waals surface area contributed by atoms with Gasteiger partial charge < -0.3 is 5.73 Å². The van der Waals surface area contributed by atoms with Crippen molar-refractivity contribution in [1.29, 1.82) is 0 Å². The monoisotopic (exact) mass is 233 g/mol. The Morgan fingerprint density at radius 3 is 2.27 bits per heavy atom. The standard InChI is InChI=1S/C8H12BrNS/c1-5-4-6(9)7(11-5)8(2,3)10/h4H,10H2,1-3H3. The quantitative estimate of drug-likeness (QED) is 0.794. The lowest BCUT2D eigenvalue weighted by Crippen LogP contribution is -2.27. The second-order valence-electron chi connectivity index (χ2n) is 3.26. The molecule has 0 saturated heterocycles. The molecule has 2 N–H and O–H groups in total. The van der Waals surface area contributed by atoms with Crippen molar-refractivity contribution in [3.63, 3.8) is 0 Å². The molecule has 0 atom stereocenters. The van der Waals surface area contributed by atoms with Crippen LogP contribution in [0.15, 0.2) is 10.5 Å². The third kappa shape index (κ3) is 2.04. The van der Waals surface area contributed by atoms with Crippen LogP contribution >= 0.6 is 27.3 Å². The molecule has 0 aromatic carbocycles. The van der Waals surface area contributed by atoms with E-state index in [1.807, 2.05) is 13.8 Å². The summed E-state index contributed by atoms with van der Waals surface area (Å²) >= 11 is 5.23. The third-order valence-corrected chi connectivity index (χ3v) is 3.67. The van der Waals surface area contributed by atoms with Gasteiger partial charge in [-0.15, -0.1) is 11.3 Å². The minimum absolute atomic E-state index is 0.224. The second-order valence-corrected chi connectivity index (χ2v) is 5.37. The normalized spacial score (nSPS) is 12.1. The summed E-state index contributed by atoms with van der Waals surface area (Å²) in [5, 5.41) is 0. The van der Waals surface area contributed by atoms with Crippen molar-refractivity contribution in [3.8, 4) is 0 Å². The van der Waals surface area contributed by atoms with Crippen LogP contribution in [0.4, 0.5) is 0 Å². The Bertz CT molecular complexity index is 260. The summed E-state index contributed by atoms with van der Waals surface area (Å²) in [4.78, 5) is 2.51. The molecule has 1 aromatic rings. The van der Waals surface area contributed by atoms with Gasteiger partial charge in [-0.05, 0) is 42.8 Å². The van der Waals surface area contributed by atoms with Crippen molar-refractivity contribution < 1.29 is 0 Å². The third-order valence-electron chi connectivity index (χ3n) is 1.40. The van der Waals surface area contributed by atoms with Crippen LogP contribution in [0.1, 0.15) is 23.6 Å². The maximum Gasteiger partial charge on any atom is 0.0458 e. The molecular weight excluding hydrogens is 222 g/mol. The smallest absolute Gasteiger partial charge is 0.0458 e. The zero-order valence-corrected chi connectivity index (χ0v) is 9.34. The molecule has 1 nitrogen and oxygen atoms in total. The summed E-state index contributed by atoms with van der Waals surface area (Å²) in [6, 6.07) is 2.11. The van der Waals surface area contributed by atoms with Gasteiger partial charge in [-0.2, -0.15) is 0 Å². The summed E-state index contributed by atoms with van der Waals surface area (Å²) < 4.78 is 1.13. The fourth-order valence-corrected chi connectivity index (χ4v) is 3.09. The molecule has 3 heteroatoms. The largest absolute Gasteiger partial charge is 0.321 e. The van der Waals surface area contributed by atoms with E-state index >= 15 is 0 Å². The fraction of sp³-hybridized carbons (Fsp3) is 0.500. The van der Waals surface area contributed by atoms with E-state index in [1.165, 1.54) is 9.75 Å². The Kier molecular flexibility index (Phi) is 2.42. The van der Waals surface area contributed by atoms with Crippen molar-refractivity contribution in [2.24, 2.45) is 5.73 Å². The molecule has 62 valence electrons. The average Bonchev–Trinajstić information content (AvgIpc) is 2.08. The lowest BCUT2D eigenvalue weighted by Gasteiger charge is -2.16. The van der Waals surface area contributed by atoms with Crippen LogP contribution in [0.25, 0.3) is 0 Å². The van der Waals surface area contributed by atoms with Crippen molar-refractivity contribution in [1.82, 2.24) is 0 Å². The number of halogens is 1. The highest BCUT2D eigenvalue weighted by Gasteiger charge is 2.19. The van der Waals surface area contributed by atoms with Crippen molar-refractivity contribution >= 4 is 27.3 Å². The first-order valence-corrected chi connectivity index (χ1v) is 5.07. The van der Waals surface area contributed by atoms with E-state index in [4.69, 9.17) is 5.73 Å². The van der Waals surface area contributed by atoms with Crippen molar-refractivity contribution in [2.45, 2.75) is 26.3 Å². The Balaban J connectivity index is 3.13. The first kappa shape index (κ1) is 9.23. The van der Waals surface area contributed by atoms with Gasteiger partial charge in [0.05, 0.1) is 0 Å². The predicted octanol–water partition coefficient (Wildman–Crippen LogP) is 3.01. The van der Waals surface area contributed by atoms with Crippen LogP contribution in [0.2, 0.25) is 0 Å². The van der Waals surface area contributed by atoms with Crippen LogP contribution in [0, 0.1) is 6.92 Å². The van der Waals surface area contributed by atoms with Crippen LogP contribution in [-0.4, -0.2) is 0 Å². The number of thiophene rings is 1. The average molecular weight is 234 g/mol. The summed E-state index contributed by atoms with van der Waals surface area (Å²) in [6.45, 7) is 6.12. The van der Waals surface area contributed by atoms with Crippen LogP contribution in [0.5, 0.6) is 0 Å². The maximum atomic E-state index is 5.95. The van der Waals surface area contributed by atoms with E-state index in [9.17, 15) is 0 Å². The Morgan fingerprint density at radius 1 is 1.55 bits per heavy atom. The summed E-state index contributed by atoms with van der Waals surface area (Å²) in [5.74, 6) is 0. The lowest BCUT2D eigenvalue weighted by atomic mass is 10.1. The van der Waals surface area contributed by atoms with E-state index in [1.54, 1.807) is 11.3 Å².